The highest BCUT2D eigenvalue weighted by atomic mass is 16.5. The Morgan fingerprint density at radius 2 is 1.97 bits per heavy atom. The van der Waals surface area contributed by atoms with Crippen LogP contribution in [0.2, 0.25) is 5.82 Å². The van der Waals surface area contributed by atoms with Crippen LogP contribution in [0.5, 0.6) is 6.01 Å². The number of aromatic nitrogens is 2. The molecule has 9 heteroatoms. The number of anilines is 3. The predicted molar refractivity (Wildman–Crippen MR) is 125 cm³/mol. The Bertz CT molecular complexity index is 932. The highest BCUT2D eigenvalue weighted by Crippen LogP contribution is 2.34. The van der Waals surface area contributed by atoms with Crippen molar-refractivity contribution in [1.82, 2.24) is 14.9 Å². The monoisotopic (exact) mass is 422 g/mol. The Labute approximate surface area is 184 Å². The standard InChI is InChI=1S/C22H31BN6O2/c1-15(23)7-10-31-22-26-20(24)19-21(27-22)29(14-18(30)25-19)13-17-6-4-5-16(11-17)12-28-8-2-3-9-28/h4-6,11,15H,2-3,7-10,12-14,23H2,1H3,(H,25,30)(H2,24,26,27)/t15-/m0/s1. The van der Waals surface area contributed by atoms with E-state index < -0.39 is 0 Å². The van der Waals surface area contributed by atoms with Gasteiger partial charge in [0, 0.05) is 13.1 Å². The fourth-order valence-corrected chi connectivity index (χ4v) is 4.05. The molecule has 0 unspecified atom stereocenters. The zero-order valence-corrected chi connectivity index (χ0v) is 18.4. The highest BCUT2D eigenvalue weighted by molar-refractivity contribution is 6.11. The van der Waals surface area contributed by atoms with E-state index in [1.54, 1.807) is 0 Å². The number of hydrogen-bond donors (Lipinski definition) is 2. The quantitative estimate of drug-likeness (QED) is 0.627. The minimum Gasteiger partial charge on any atom is -0.463 e. The van der Waals surface area contributed by atoms with Crippen molar-refractivity contribution in [1.29, 1.82) is 0 Å². The summed E-state index contributed by atoms with van der Waals surface area (Å²) < 4.78 is 5.74. The first-order chi connectivity index (χ1) is 15.0. The number of carbonyl (C=O) groups is 1. The number of nitrogens with two attached hydrogens (primary N) is 1. The van der Waals surface area contributed by atoms with Crippen LogP contribution in [0, 0.1) is 0 Å². The van der Waals surface area contributed by atoms with Gasteiger partial charge in [-0.25, -0.2) is 0 Å². The molecule has 8 nitrogen and oxygen atoms in total. The van der Waals surface area contributed by atoms with E-state index in [2.05, 4.69) is 59.2 Å². The Balaban J connectivity index is 1.52. The Kier molecular flexibility index (Phi) is 6.60. The zero-order valence-electron chi connectivity index (χ0n) is 18.4. The van der Waals surface area contributed by atoms with Crippen LogP contribution >= 0.6 is 0 Å². The van der Waals surface area contributed by atoms with Gasteiger partial charge in [-0.1, -0.05) is 37.0 Å². The first-order valence-electron chi connectivity index (χ1n) is 11.1. The van der Waals surface area contributed by atoms with Crippen molar-refractivity contribution in [2.45, 2.75) is 45.1 Å². The van der Waals surface area contributed by atoms with Gasteiger partial charge >= 0.3 is 6.01 Å². The summed E-state index contributed by atoms with van der Waals surface area (Å²) in [6.45, 7) is 6.75. The number of hydrogen-bond acceptors (Lipinski definition) is 7. The largest absolute Gasteiger partial charge is 0.463 e. The van der Waals surface area contributed by atoms with Crippen LogP contribution in [0.3, 0.4) is 0 Å². The minimum absolute atomic E-state index is 0.121. The molecule has 1 fully saturated rings. The van der Waals surface area contributed by atoms with Crippen molar-refractivity contribution in [3.05, 3.63) is 35.4 Å². The number of ether oxygens (including phenoxy) is 1. The normalized spacial score (nSPS) is 17.3. The van der Waals surface area contributed by atoms with Crippen molar-refractivity contribution in [2.24, 2.45) is 0 Å². The third-order valence-electron chi connectivity index (χ3n) is 5.69. The summed E-state index contributed by atoms with van der Waals surface area (Å²) in [7, 11) is 2.14. The van der Waals surface area contributed by atoms with E-state index in [4.69, 9.17) is 10.5 Å². The van der Waals surface area contributed by atoms with Crippen LogP contribution in [0.4, 0.5) is 17.3 Å². The lowest BCUT2D eigenvalue weighted by molar-refractivity contribution is -0.115. The maximum Gasteiger partial charge on any atom is 0.320 e. The average molecular weight is 422 g/mol. The topological polar surface area (TPSA) is 96.6 Å². The van der Waals surface area contributed by atoms with E-state index in [0.29, 0.717) is 30.5 Å². The van der Waals surface area contributed by atoms with Crippen molar-refractivity contribution in [3.63, 3.8) is 0 Å². The molecule has 0 bridgehead atoms. The number of benzene rings is 1. The molecular weight excluding hydrogens is 391 g/mol. The summed E-state index contributed by atoms with van der Waals surface area (Å²) in [5.41, 5.74) is 9.02. The summed E-state index contributed by atoms with van der Waals surface area (Å²) >= 11 is 0. The number of nitrogens with one attached hydrogen (secondary N) is 1. The lowest BCUT2D eigenvalue weighted by atomic mass is 9.87. The van der Waals surface area contributed by atoms with Gasteiger partial charge in [-0.3, -0.25) is 9.69 Å². The molecule has 164 valence electrons. The van der Waals surface area contributed by atoms with Gasteiger partial charge in [0.05, 0.1) is 13.2 Å². The van der Waals surface area contributed by atoms with Crippen molar-refractivity contribution >= 4 is 31.1 Å². The lowest BCUT2D eigenvalue weighted by Crippen LogP contribution is -2.39. The molecule has 2 aromatic rings. The van der Waals surface area contributed by atoms with Gasteiger partial charge in [0.25, 0.3) is 0 Å². The van der Waals surface area contributed by atoms with Crippen molar-refractivity contribution < 1.29 is 9.53 Å². The molecule has 1 saturated heterocycles. The molecule has 2 aliphatic heterocycles. The van der Waals surface area contributed by atoms with Gasteiger partial charge in [-0.15, -0.1) is 0 Å². The molecule has 3 heterocycles. The van der Waals surface area contributed by atoms with Crippen LogP contribution < -0.4 is 20.7 Å². The average Bonchev–Trinajstić information content (AvgIpc) is 3.22. The smallest absolute Gasteiger partial charge is 0.320 e. The number of amides is 1. The Hall–Kier alpha value is -2.81. The zero-order chi connectivity index (χ0) is 21.8. The predicted octanol–water partition coefficient (Wildman–Crippen LogP) is 1.82. The summed E-state index contributed by atoms with van der Waals surface area (Å²) in [6, 6.07) is 8.81. The molecule has 0 spiro atoms. The molecule has 2 aliphatic rings. The second kappa shape index (κ2) is 9.55. The molecule has 1 aromatic carbocycles. The number of likely N-dealkylation sites (tertiary alicyclic amines) is 1. The molecule has 1 amide bonds. The van der Waals surface area contributed by atoms with Crippen LogP contribution in [0.1, 0.15) is 37.3 Å². The molecule has 1 aromatic heterocycles. The SMILES string of the molecule is B[C@@H](C)CCOc1nc(N)c2c(n1)N(Cc1cccc(CN3CCCC3)c1)CC(=O)N2. The van der Waals surface area contributed by atoms with Crippen LogP contribution in [0.15, 0.2) is 24.3 Å². The van der Waals surface area contributed by atoms with E-state index in [0.717, 1.165) is 18.5 Å². The molecule has 0 radical (unpaired) electrons. The number of nitrogens with zero attached hydrogens (tertiary/aromatic N) is 4. The highest BCUT2D eigenvalue weighted by Gasteiger charge is 2.27. The number of rotatable bonds is 8. The third kappa shape index (κ3) is 5.47. The summed E-state index contributed by atoms with van der Waals surface area (Å²) in [6.07, 6.45) is 3.47. The molecule has 0 aliphatic carbocycles. The third-order valence-corrected chi connectivity index (χ3v) is 5.69. The van der Waals surface area contributed by atoms with E-state index >= 15 is 0 Å². The number of fused-ring (bicyclic) bond motifs is 1. The first-order valence-corrected chi connectivity index (χ1v) is 11.1. The van der Waals surface area contributed by atoms with E-state index in [9.17, 15) is 4.79 Å². The number of carbonyl (C=O) groups excluding carboxylic acids is 1. The van der Waals surface area contributed by atoms with E-state index in [1.165, 1.54) is 31.5 Å². The van der Waals surface area contributed by atoms with Gasteiger partial charge < -0.3 is 20.7 Å². The second-order valence-corrected chi connectivity index (χ2v) is 8.83. The summed E-state index contributed by atoms with van der Waals surface area (Å²) in [4.78, 5) is 25.5. The molecule has 1 atom stereocenters. The molecular formula is C22H31BN6O2. The molecule has 4 rings (SSSR count). The second-order valence-electron chi connectivity index (χ2n) is 8.83. The van der Waals surface area contributed by atoms with E-state index in [1.807, 2.05) is 4.90 Å². The fourth-order valence-electron chi connectivity index (χ4n) is 4.05. The van der Waals surface area contributed by atoms with Gasteiger partial charge in [0.2, 0.25) is 5.91 Å². The van der Waals surface area contributed by atoms with Gasteiger partial charge in [-0.2, -0.15) is 9.97 Å². The van der Waals surface area contributed by atoms with Gasteiger partial charge in [-0.05, 0) is 43.5 Å². The maximum absolute atomic E-state index is 12.3. The van der Waals surface area contributed by atoms with E-state index in [-0.39, 0.29) is 24.3 Å². The van der Waals surface area contributed by atoms with Crippen LogP contribution in [-0.2, 0) is 17.9 Å². The van der Waals surface area contributed by atoms with Crippen LogP contribution in [0.25, 0.3) is 0 Å². The van der Waals surface area contributed by atoms with Crippen molar-refractivity contribution in [2.75, 3.05) is 42.2 Å². The fraction of sp³-hybridized carbons (Fsp3) is 0.500. The lowest BCUT2D eigenvalue weighted by Gasteiger charge is -2.30. The number of nitrogen functional groups attached to an aromatic ring is 1. The first kappa shape index (κ1) is 21.4. The maximum atomic E-state index is 12.3. The molecule has 0 saturated carbocycles. The minimum atomic E-state index is -0.121. The van der Waals surface area contributed by atoms with Crippen LogP contribution in [-0.4, -0.2) is 54.9 Å². The molecule has 3 N–H and O–H groups in total. The van der Waals surface area contributed by atoms with Gasteiger partial charge in [0.15, 0.2) is 11.6 Å². The van der Waals surface area contributed by atoms with Crippen molar-refractivity contribution in [3.8, 4) is 6.01 Å². The Morgan fingerprint density at radius 3 is 2.71 bits per heavy atom. The summed E-state index contributed by atoms with van der Waals surface area (Å²) in [5.74, 6) is 1.24. The summed E-state index contributed by atoms with van der Waals surface area (Å²) in [5, 5.41) is 2.81. The Morgan fingerprint density at radius 1 is 1.23 bits per heavy atom. The molecule has 31 heavy (non-hydrogen) atoms. The van der Waals surface area contributed by atoms with Gasteiger partial charge in [0.1, 0.15) is 13.5 Å².